The zero-order valence-corrected chi connectivity index (χ0v) is 6.22. The second kappa shape index (κ2) is 6.24. The van der Waals surface area contributed by atoms with Crippen LogP contribution < -0.4 is 5.32 Å². The van der Waals surface area contributed by atoms with Gasteiger partial charge in [0.05, 0.1) is 0 Å². The summed E-state index contributed by atoms with van der Waals surface area (Å²) >= 11 is 0. The second-order valence-corrected chi connectivity index (χ2v) is 2.01. The molecular formula is C7H13N3. The van der Waals surface area contributed by atoms with Crippen LogP contribution in [-0.2, 0) is 0 Å². The summed E-state index contributed by atoms with van der Waals surface area (Å²) in [7, 11) is 0. The van der Waals surface area contributed by atoms with E-state index >= 15 is 0 Å². The Bertz CT molecular complexity index is 125. The number of hydrogen-bond donors (Lipinski definition) is 2. The van der Waals surface area contributed by atoms with Gasteiger partial charge in [-0.05, 0) is 13.0 Å². The summed E-state index contributed by atoms with van der Waals surface area (Å²) in [6.07, 6.45) is 6.41. The molecular weight excluding hydrogens is 126 g/mol. The van der Waals surface area contributed by atoms with Gasteiger partial charge in [-0.2, -0.15) is 5.11 Å². The van der Waals surface area contributed by atoms with Crippen LogP contribution in [0.25, 0.3) is 0 Å². The van der Waals surface area contributed by atoms with E-state index in [0.29, 0.717) is 6.42 Å². The van der Waals surface area contributed by atoms with Gasteiger partial charge in [-0.15, -0.1) is 12.3 Å². The predicted molar refractivity (Wildman–Crippen MR) is 40.7 cm³/mol. The molecule has 0 rings (SSSR count). The fourth-order valence-corrected chi connectivity index (χ4v) is 0.586. The molecule has 0 aromatic carbocycles. The average Bonchev–Trinajstić information content (AvgIpc) is 1.98. The highest BCUT2D eigenvalue weighted by Gasteiger charge is 2.00. The van der Waals surface area contributed by atoms with Gasteiger partial charge in [-0.3, -0.25) is 5.32 Å². The van der Waals surface area contributed by atoms with E-state index in [9.17, 15) is 0 Å². The van der Waals surface area contributed by atoms with Crippen LogP contribution in [0.2, 0.25) is 0 Å². The van der Waals surface area contributed by atoms with Gasteiger partial charge < -0.3 is 0 Å². The lowest BCUT2D eigenvalue weighted by molar-refractivity contribution is 0.510. The van der Waals surface area contributed by atoms with E-state index in [1.165, 1.54) is 0 Å². The standard InChI is InChI=1S/C7H13N3/c1-3-5-7(10-8)9-6-4-2/h1,7-9H,4-6H2,2H3. The van der Waals surface area contributed by atoms with E-state index in [2.05, 4.69) is 23.3 Å². The molecule has 0 saturated carbocycles. The number of hydrogen-bond acceptors (Lipinski definition) is 3. The maximum Gasteiger partial charge on any atom is 0.131 e. The second-order valence-electron chi connectivity index (χ2n) is 2.01. The minimum atomic E-state index is -0.176. The van der Waals surface area contributed by atoms with Gasteiger partial charge in [0.15, 0.2) is 0 Å². The highest BCUT2D eigenvalue weighted by atomic mass is 15.1. The maximum absolute atomic E-state index is 6.71. The molecule has 0 aliphatic carbocycles. The molecule has 1 unspecified atom stereocenters. The third-order valence-electron chi connectivity index (χ3n) is 1.10. The maximum atomic E-state index is 6.71. The first kappa shape index (κ1) is 9.12. The van der Waals surface area contributed by atoms with Crippen molar-refractivity contribution in [2.24, 2.45) is 5.11 Å². The Morgan fingerprint density at radius 1 is 1.80 bits per heavy atom. The van der Waals surface area contributed by atoms with Crippen LogP contribution in [0.15, 0.2) is 5.11 Å². The molecule has 0 spiro atoms. The summed E-state index contributed by atoms with van der Waals surface area (Å²) in [5.74, 6) is 2.45. The van der Waals surface area contributed by atoms with E-state index in [1.54, 1.807) is 0 Å². The smallest absolute Gasteiger partial charge is 0.131 e. The number of rotatable bonds is 5. The quantitative estimate of drug-likeness (QED) is 0.438. The number of terminal acetylenes is 1. The van der Waals surface area contributed by atoms with E-state index in [0.717, 1.165) is 13.0 Å². The molecule has 3 nitrogen and oxygen atoms in total. The van der Waals surface area contributed by atoms with Crippen LogP contribution in [0, 0.1) is 17.9 Å². The van der Waals surface area contributed by atoms with E-state index in [-0.39, 0.29) is 6.17 Å². The van der Waals surface area contributed by atoms with Crippen LogP contribution in [0.3, 0.4) is 0 Å². The van der Waals surface area contributed by atoms with E-state index < -0.39 is 0 Å². The van der Waals surface area contributed by atoms with Gasteiger partial charge in [0, 0.05) is 6.42 Å². The van der Waals surface area contributed by atoms with Crippen molar-refractivity contribution in [2.75, 3.05) is 6.54 Å². The summed E-state index contributed by atoms with van der Waals surface area (Å²) in [6.45, 7) is 2.93. The first-order valence-corrected chi connectivity index (χ1v) is 3.38. The topological polar surface area (TPSA) is 48.2 Å². The zero-order chi connectivity index (χ0) is 7.82. The Labute approximate surface area is 61.7 Å². The van der Waals surface area contributed by atoms with Gasteiger partial charge >= 0.3 is 0 Å². The molecule has 0 saturated heterocycles. The Morgan fingerprint density at radius 3 is 2.90 bits per heavy atom. The average molecular weight is 139 g/mol. The molecule has 0 bridgehead atoms. The molecule has 0 heterocycles. The van der Waals surface area contributed by atoms with Crippen LogP contribution in [0.1, 0.15) is 19.8 Å². The fourth-order valence-electron chi connectivity index (χ4n) is 0.586. The molecule has 0 amide bonds. The lowest BCUT2D eigenvalue weighted by Crippen LogP contribution is -2.26. The Morgan fingerprint density at radius 2 is 2.50 bits per heavy atom. The van der Waals surface area contributed by atoms with Crippen molar-refractivity contribution in [1.82, 2.24) is 5.32 Å². The first-order valence-electron chi connectivity index (χ1n) is 3.38. The molecule has 1 atom stereocenters. The van der Waals surface area contributed by atoms with Gasteiger partial charge in [-0.1, -0.05) is 6.92 Å². The molecule has 0 fully saturated rings. The van der Waals surface area contributed by atoms with Crippen molar-refractivity contribution in [3.05, 3.63) is 0 Å². The SMILES string of the molecule is C#CCC(N=N)NCCC. The minimum Gasteiger partial charge on any atom is -0.293 e. The number of nitrogens with one attached hydrogen (secondary N) is 2. The largest absolute Gasteiger partial charge is 0.293 e. The first-order chi connectivity index (χ1) is 4.85. The van der Waals surface area contributed by atoms with Crippen molar-refractivity contribution < 1.29 is 0 Å². The van der Waals surface area contributed by atoms with Crippen molar-refractivity contribution in [1.29, 1.82) is 5.53 Å². The van der Waals surface area contributed by atoms with Crippen molar-refractivity contribution in [3.8, 4) is 12.3 Å². The Hall–Kier alpha value is -0.880. The van der Waals surface area contributed by atoms with Crippen LogP contribution >= 0.6 is 0 Å². The molecule has 10 heavy (non-hydrogen) atoms. The highest BCUT2D eigenvalue weighted by Crippen LogP contribution is 1.90. The molecule has 3 heteroatoms. The van der Waals surface area contributed by atoms with Crippen molar-refractivity contribution >= 4 is 0 Å². The normalized spacial score (nSPS) is 12.0. The molecule has 56 valence electrons. The summed E-state index contributed by atoms with van der Waals surface area (Å²) < 4.78 is 0. The highest BCUT2D eigenvalue weighted by molar-refractivity contribution is 4.88. The van der Waals surface area contributed by atoms with Crippen molar-refractivity contribution in [2.45, 2.75) is 25.9 Å². The summed E-state index contributed by atoms with van der Waals surface area (Å²) in [5, 5.41) is 6.34. The molecule has 0 radical (unpaired) electrons. The molecule has 2 N–H and O–H groups in total. The Balaban J connectivity index is 3.41. The lowest BCUT2D eigenvalue weighted by Gasteiger charge is -2.07. The van der Waals surface area contributed by atoms with Crippen molar-refractivity contribution in [3.63, 3.8) is 0 Å². The third kappa shape index (κ3) is 4.04. The summed E-state index contributed by atoms with van der Waals surface area (Å²) in [4.78, 5) is 0. The third-order valence-corrected chi connectivity index (χ3v) is 1.10. The van der Waals surface area contributed by atoms with Crippen LogP contribution in [-0.4, -0.2) is 12.7 Å². The Kier molecular flexibility index (Phi) is 5.69. The van der Waals surface area contributed by atoms with Gasteiger partial charge in [0.25, 0.3) is 0 Å². The minimum absolute atomic E-state index is 0.176. The monoisotopic (exact) mass is 139 g/mol. The fraction of sp³-hybridized carbons (Fsp3) is 0.714. The van der Waals surface area contributed by atoms with Gasteiger partial charge in [0.1, 0.15) is 6.17 Å². The molecule has 0 aliphatic heterocycles. The molecule has 0 aromatic heterocycles. The zero-order valence-electron chi connectivity index (χ0n) is 6.22. The van der Waals surface area contributed by atoms with Crippen LogP contribution in [0.5, 0.6) is 0 Å². The van der Waals surface area contributed by atoms with E-state index in [4.69, 9.17) is 12.0 Å². The molecule has 0 aromatic rings. The van der Waals surface area contributed by atoms with E-state index in [1.807, 2.05) is 0 Å². The van der Waals surface area contributed by atoms with Gasteiger partial charge in [-0.25, -0.2) is 5.53 Å². The summed E-state index contributed by atoms with van der Waals surface area (Å²) in [5.41, 5.74) is 6.71. The van der Waals surface area contributed by atoms with Crippen LogP contribution in [0.4, 0.5) is 0 Å². The number of nitrogens with zero attached hydrogens (tertiary/aromatic N) is 1. The molecule has 0 aliphatic rings. The summed E-state index contributed by atoms with van der Waals surface area (Å²) in [6, 6.07) is 0. The lowest BCUT2D eigenvalue weighted by atomic mass is 10.3. The predicted octanol–water partition coefficient (Wildman–Crippen LogP) is 1.37. The van der Waals surface area contributed by atoms with Gasteiger partial charge in [0.2, 0.25) is 0 Å².